The van der Waals surface area contributed by atoms with Crippen molar-refractivity contribution in [1.82, 2.24) is 0 Å². The van der Waals surface area contributed by atoms with Crippen molar-refractivity contribution in [2.24, 2.45) is 5.73 Å². The molecule has 5 nitrogen and oxygen atoms in total. The molecule has 3 N–H and O–H groups in total. The van der Waals surface area contributed by atoms with Gasteiger partial charge in [-0.15, -0.1) is 0 Å². The van der Waals surface area contributed by atoms with Gasteiger partial charge in [0.25, 0.3) is 0 Å². The number of carbonyl (C=O) groups is 2. The summed E-state index contributed by atoms with van der Waals surface area (Å²) in [6.07, 6.45) is 0.416. The third-order valence-electron chi connectivity index (χ3n) is 2.32. The zero-order valence-corrected chi connectivity index (χ0v) is 10.6. The van der Waals surface area contributed by atoms with Crippen LogP contribution in [0.1, 0.15) is 19.4 Å². The lowest BCUT2D eigenvalue weighted by atomic mass is 10.1. The minimum Gasteiger partial charge on any atom is -0.465 e. The Morgan fingerprint density at radius 1 is 1.33 bits per heavy atom. The van der Waals surface area contributed by atoms with E-state index in [4.69, 9.17) is 10.5 Å². The number of amides is 1. The molecule has 1 unspecified atom stereocenters. The smallest absolute Gasteiger partial charge is 0.323 e. The molecule has 0 saturated carbocycles. The van der Waals surface area contributed by atoms with E-state index in [0.717, 1.165) is 11.3 Å². The topological polar surface area (TPSA) is 81.4 Å². The summed E-state index contributed by atoms with van der Waals surface area (Å²) in [4.78, 5) is 22.2. The summed E-state index contributed by atoms with van der Waals surface area (Å²) in [6.45, 7) is 3.52. The van der Waals surface area contributed by atoms with Crippen molar-refractivity contribution in [1.29, 1.82) is 0 Å². The maximum absolute atomic E-state index is 11.4. The first-order valence-electron chi connectivity index (χ1n) is 5.81. The summed E-state index contributed by atoms with van der Waals surface area (Å²) < 4.78 is 4.83. The number of nitrogens with two attached hydrogens (primary N) is 1. The summed E-state index contributed by atoms with van der Waals surface area (Å²) in [7, 11) is 0. The number of hydrogen-bond acceptors (Lipinski definition) is 4. The van der Waals surface area contributed by atoms with Crippen molar-refractivity contribution in [3.05, 3.63) is 29.8 Å². The van der Waals surface area contributed by atoms with Gasteiger partial charge in [-0.2, -0.15) is 0 Å². The van der Waals surface area contributed by atoms with E-state index in [2.05, 4.69) is 5.32 Å². The summed E-state index contributed by atoms with van der Waals surface area (Å²) in [5.74, 6) is -0.519. The van der Waals surface area contributed by atoms with E-state index in [-0.39, 0.29) is 5.91 Å². The predicted octanol–water partition coefficient (Wildman–Crippen LogP) is 1.08. The normalized spacial score (nSPS) is 11.7. The molecule has 18 heavy (non-hydrogen) atoms. The molecule has 0 fully saturated rings. The van der Waals surface area contributed by atoms with Crippen LogP contribution in [0.4, 0.5) is 5.69 Å². The fourth-order valence-electron chi connectivity index (χ4n) is 1.51. The van der Waals surface area contributed by atoms with Gasteiger partial charge in [-0.3, -0.25) is 9.59 Å². The van der Waals surface area contributed by atoms with Gasteiger partial charge in [-0.25, -0.2) is 0 Å². The van der Waals surface area contributed by atoms with E-state index >= 15 is 0 Å². The predicted molar refractivity (Wildman–Crippen MR) is 69.1 cm³/mol. The second-order valence-electron chi connectivity index (χ2n) is 3.94. The van der Waals surface area contributed by atoms with Crippen LogP contribution in [0.5, 0.6) is 0 Å². The molecule has 0 saturated heterocycles. The molecule has 1 rings (SSSR count). The Kier molecular flexibility index (Phi) is 5.32. The van der Waals surface area contributed by atoms with Gasteiger partial charge < -0.3 is 15.8 Å². The highest BCUT2D eigenvalue weighted by Gasteiger charge is 2.14. The fraction of sp³-hybridized carbons (Fsp3) is 0.385. The van der Waals surface area contributed by atoms with Crippen LogP contribution in [0.25, 0.3) is 0 Å². The van der Waals surface area contributed by atoms with Gasteiger partial charge in [-0.05, 0) is 31.0 Å². The summed E-state index contributed by atoms with van der Waals surface area (Å²) in [6, 6.07) is 6.54. The van der Waals surface area contributed by atoms with Crippen LogP contribution in [-0.2, 0) is 20.7 Å². The second kappa shape index (κ2) is 6.76. The number of anilines is 1. The minimum atomic E-state index is -0.656. The number of benzene rings is 1. The molecule has 0 spiro atoms. The Morgan fingerprint density at radius 3 is 2.44 bits per heavy atom. The lowest BCUT2D eigenvalue weighted by Gasteiger charge is -2.11. The third-order valence-corrected chi connectivity index (χ3v) is 2.32. The average Bonchev–Trinajstić information content (AvgIpc) is 2.31. The SMILES string of the molecule is CCOC(=O)C(N)Cc1ccc(NC(C)=O)cc1. The monoisotopic (exact) mass is 250 g/mol. The van der Waals surface area contributed by atoms with Gasteiger partial charge in [0.1, 0.15) is 6.04 Å². The van der Waals surface area contributed by atoms with Crippen molar-refractivity contribution >= 4 is 17.6 Å². The van der Waals surface area contributed by atoms with Crippen molar-refractivity contribution < 1.29 is 14.3 Å². The summed E-state index contributed by atoms with van der Waals surface area (Å²) in [5.41, 5.74) is 7.35. The van der Waals surface area contributed by atoms with Crippen molar-refractivity contribution in [3.8, 4) is 0 Å². The lowest BCUT2D eigenvalue weighted by molar-refractivity contribution is -0.144. The van der Waals surface area contributed by atoms with E-state index in [0.29, 0.717) is 13.0 Å². The average molecular weight is 250 g/mol. The number of rotatable bonds is 5. The Morgan fingerprint density at radius 2 is 1.94 bits per heavy atom. The molecule has 98 valence electrons. The first-order valence-corrected chi connectivity index (χ1v) is 5.81. The fourth-order valence-corrected chi connectivity index (χ4v) is 1.51. The first kappa shape index (κ1) is 14.2. The van der Waals surface area contributed by atoms with Gasteiger partial charge in [0.15, 0.2) is 0 Å². The second-order valence-corrected chi connectivity index (χ2v) is 3.94. The van der Waals surface area contributed by atoms with Crippen LogP contribution in [0.15, 0.2) is 24.3 Å². The molecule has 0 heterocycles. The maximum Gasteiger partial charge on any atom is 0.323 e. The van der Waals surface area contributed by atoms with E-state index in [1.165, 1.54) is 6.92 Å². The van der Waals surface area contributed by atoms with Gasteiger partial charge in [-0.1, -0.05) is 12.1 Å². The van der Waals surface area contributed by atoms with Gasteiger partial charge in [0.05, 0.1) is 6.61 Å². The number of hydrogen-bond donors (Lipinski definition) is 2. The Labute approximate surface area is 106 Å². The molecule has 5 heteroatoms. The van der Waals surface area contributed by atoms with Gasteiger partial charge in [0.2, 0.25) is 5.91 Å². The first-order chi connectivity index (χ1) is 8.52. The molecule has 0 aliphatic rings. The van der Waals surface area contributed by atoms with Crippen molar-refractivity contribution in [2.45, 2.75) is 26.3 Å². The number of ether oxygens (including phenoxy) is 1. The molecule has 0 aliphatic heterocycles. The van der Waals surface area contributed by atoms with E-state index < -0.39 is 12.0 Å². The molecule has 0 bridgehead atoms. The molecule has 1 atom stereocenters. The Bertz CT molecular complexity index is 415. The van der Waals surface area contributed by atoms with Crippen LogP contribution < -0.4 is 11.1 Å². The van der Waals surface area contributed by atoms with Crippen molar-refractivity contribution in [3.63, 3.8) is 0 Å². The molecule has 0 aromatic heterocycles. The Hall–Kier alpha value is -1.88. The number of nitrogens with one attached hydrogen (secondary N) is 1. The summed E-state index contributed by atoms with van der Waals surface area (Å²) >= 11 is 0. The lowest BCUT2D eigenvalue weighted by Crippen LogP contribution is -2.34. The zero-order valence-electron chi connectivity index (χ0n) is 10.6. The van der Waals surface area contributed by atoms with Gasteiger partial charge >= 0.3 is 5.97 Å². The maximum atomic E-state index is 11.4. The summed E-state index contributed by atoms with van der Waals surface area (Å²) in [5, 5.41) is 2.67. The van der Waals surface area contributed by atoms with Crippen LogP contribution in [0, 0.1) is 0 Å². The van der Waals surface area contributed by atoms with Gasteiger partial charge in [0, 0.05) is 12.6 Å². The van der Waals surface area contributed by atoms with Crippen molar-refractivity contribution in [2.75, 3.05) is 11.9 Å². The molecule has 1 aromatic rings. The molecule has 0 radical (unpaired) electrons. The Balaban J connectivity index is 2.58. The highest BCUT2D eigenvalue weighted by atomic mass is 16.5. The highest BCUT2D eigenvalue weighted by molar-refractivity contribution is 5.88. The van der Waals surface area contributed by atoms with E-state index in [1.807, 2.05) is 12.1 Å². The van der Waals surface area contributed by atoms with E-state index in [1.54, 1.807) is 19.1 Å². The zero-order chi connectivity index (χ0) is 13.5. The third kappa shape index (κ3) is 4.55. The molecular formula is C13H18N2O3. The molecule has 1 amide bonds. The number of carbonyl (C=O) groups excluding carboxylic acids is 2. The van der Waals surface area contributed by atoms with Crippen LogP contribution in [0.3, 0.4) is 0 Å². The quantitative estimate of drug-likeness (QED) is 0.766. The minimum absolute atomic E-state index is 0.119. The van der Waals surface area contributed by atoms with Crippen LogP contribution in [0.2, 0.25) is 0 Å². The number of esters is 1. The standard InChI is InChI=1S/C13H18N2O3/c1-3-18-13(17)12(14)8-10-4-6-11(7-5-10)15-9(2)16/h4-7,12H,3,8,14H2,1-2H3,(H,15,16). The van der Waals surface area contributed by atoms with E-state index in [9.17, 15) is 9.59 Å². The molecule has 1 aromatic carbocycles. The largest absolute Gasteiger partial charge is 0.465 e. The van der Waals surface area contributed by atoms with Crippen LogP contribution in [-0.4, -0.2) is 24.5 Å². The highest BCUT2D eigenvalue weighted by Crippen LogP contribution is 2.11. The molecular weight excluding hydrogens is 232 g/mol. The van der Waals surface area contributed by atoms with Crippen LogP contribution >= 0.6 is 0 Å². The molecule has 0 aliphatic carbocycles.